The first-order valence-electron chi connectivity index (χ1n) is 10.2. The van der Waals surface area contributed by atoms with Gasteiger partial charge < -0.3 is 16.0 Å². The zero-order valence-electron chi connectivity index (χ0n) is 17.0. The quantitative estimate of drug-likeness (QED) is 0.536. The van der Waals surface area contributed by atoms with Crippen LogP contribution in [0.25, 0.3) is 10.9 Å². The summed E-state index contributed by atoms with van der Waals surface area (Å²) in [6.07, 6.45) is -3.18. The fraction of sp³-hybridized carbons (Fsp3) is 0.261. The molecule has 1 aromatic heterocycles. The third kappa shape index (κ3) is 5.16. The normalized spacial score (nSPS) is 16.1. The Labute approximate surface area is 182 Å². The van der Waals surface area contributed by atoms with E-state index in [1.807, 2.05) is 6.07 Å². The first-order chi connectivity index (χ1) is 15.3. The summed E-state index contributed by atoms with van der Waals surface area (Å²) in [6, 6.07) is 13.5. The van der Waals surface area contributed by atoms with Crippen molar-refractivity contribution in [3.63, 3.8) is 0 Å². The number of nitrogens with zero attached hydrogens (tertiary/aromatic N) is 1. The molecule has 2 aromatic carbocycles. The number of carbonyl (C=O) groups is 2. The van der Waals surface area contributed by atoms with Crippen LogP contribution in [0.1, 0.15) is 24.0 Å². The molecule has 9 heteroatoms. The summed E-state index contributed by atoms with van der Waals surface area (Å²) >= 11 is 0. The molecule has 3 N–H and O–H groups in total. The van der Waals surface area contributed by atoms with E-state index < -0.39 is 11.7 Å². The number of nitrogens with one attached hydrogen (secondary N) is 3. The van der Waals surface area contributed by atoms with E-state index in [1.54, 1.807) is 24.3 Å². The maximum atomic E-state index is 12.6. The van der Waals surface area contributed by atoms with Crippen LogP contribution in [0.5, 0.6) is 0 Å². The molecule has 1 aliphatic rings. The number of pyridine rings is 1. The van der Waals surface area contributed by atoms with Crippen LogP contribution < -0.4 is 16.0 Å². The number of alkyl halides is 3. The Hall–Kier alpha value is -3.62. The second kappa shape index (κ2) is 8.86. The van der Waals surface area contributed by atoms with Crippen molar-refractivity contribution < 1.29 is 22.8 Å². The predicted octanol–water partition coefficient (Wildman–Crippen LogP) is 4.13. The molecule has 166 valence electrons. The zero-order chi connectivity index (χ0) is 22.7. The van der Waals surface area contributed by atoms with Gasteiger partial charge in [-0.1, -0.05) is 12.1 Å². The van der Waals surface area contributed by atoms with Gasteiger partial charge in [0.2, 0.25) is 11.8 Å². The molecule has 2 heterocycles. The number of amides is 2. The Bertz CT molecular complexity index is 1150. The molecule has 32 heavy (non-hydrogen) atoms. The minimum Gasteiger partial charge on any atom is -0.358 e. The highest BCUT2D eigenvalue weighted by Crippen LogP contribution is 2.29. The Morgan fingerprint density at radius 2 is 1.88 bits per heavy atom. The van der Waals surface area contributed by atoms with E-state index in [1.165, 1.54) is 12.1 Å². The molecule has 1 aliphatic heterocycles. The molecule has 0 bridgehead atoms. The SMILES string of the molecule is O=C(CCc1ccc(C(F)(F)F)cc1)Nc1ccc2nc(N[C@@H]3CCNC3=O)ccc2c1. The standard InChI is InChI=1S/C23H21F3N4O2/c24-23(25,26)16-5-1-14(2-6-16)3-10-21(31)28-17-7-8-18-15(13-17)4-9-20(29-18)30-19-11-12-27-22(19)32/h1-2,4-9,13,19H,3,10-12H2,(H,27,32)(H,28,31)(H,29,30)/t19-/m1/s1. The van der Waals surface area contributed by atoms with Gasteiger partial charge in [-0.15, -0.1) is 0 Å². The summed E-state index contributed by atoms with van der Waals surface area (Å²) in [5.41, 5.74) is 1.27. The number of benzene rings is 2. The van der Waals surface area contributed by atoms with Crippen molar-refractivity contribution in [3.05, 3.63) is 65.7 Å². The molecule has 1 atom stereocenters. The third-order valence-electron chi connectivity index (χ3n) is 5.27. The molecule has 2 amide bonds. The van der Waals surface area contributed by atoms with Crippen LogP contribution in [0.3, 0.4) is 0 Å². The molecule has 0 aliphatic carbocycles. The van der Waals surface area contributed by atoms with E-state index in [-0.39, 0.29) is 24.3 Å². The number of hydrogen-bond donors (Lipinski definition) is 3. The largest absolute Gasteiger partial charge is 0.416 e. The molecule has 1 saturated heterocycles. The number of anilines is 2. The minimum absolute atomic E-state index is 0.0405. The fourth-order valence-corrected chi connectivity index (χ4v) is 3.54. The van der Waals surface area contributed by atoms with Gasteiger partial charge in [-0.25, -0.2) is 4.98 Å². The molecule has 1 fully saturated rings. The van der Waals surface area contributed by atoms with Crippen LogP contribution >= 0.6 is 0 Å². The topological polar surface area (TPSA) is 83.1 Å². The van der Waals surface area contributed by atoms with Crippen LogP contribution in [0.2, 0.25) is 0 Å². The van der Waals surface area contributed by atoms with Crippen molar-refractivity contribution in [3.8, 4) is 0 Å². The van der Waals surface area contributed by atoms with Gasteiger partial charge in [-0.2, -0.15) is 13.2 Å². The van der Waals surface area contributed by atoms with Crippen molar-refractivity contribution >= 4 is 34.2 Å². The van der Waals surface area contributed by atoms with Gasteiger partial charge in [0.05, 0.1) is 11.1 Å². The highest BCUT2D eigenvalue weighted by molar-refractivity contribution is 5.94. The molecule has 4 rings (SSSR count). The summed E-state index contributed by atoms with van der Waals surface area (Å²) in [6.45, 7) is 0.645. The van der Waals surface area contributed by atoms with Crippen molar-refractivity contribution in [2.45, 2.75) is 31.5 Å². The number of hydrogen-bond acceptors (Lipinski definition) is 4. The first-order valence-corrected chi connectivity index (χ1v) is 10.2. The highest BCUT2D eigenvalue weighted by Gasteiger charge is 2.29. The average molecular weight is 442 g/mol. The molecule has 3 aromatic rings. The highest BCUT2D eigenvalue weighted by atomic mass is 19.4. The van der Waals surface area contributed by atoms with E-state index in [0.717, 1.165) is 23.0 Å². The Morgan fingerprint density at radius 1 is 1.09 bits per heavy atom. The van der Waals surface area contributed by atoms with Crippen LogP contribution in [0.15, 0.2) is 54.6 Å². The Morgan fingerprint density at radius 3 is 2.56 bits per heavy atom. The van der Waals surface area contributed by atoms with E-state index in [2.05, 4.69) is 20.9 Å². The molecule has 0 saturated carbocycles. The van der Waals surface area contributed by atoms with Crippen LogP contribution in [-0.4, -0.2) is 29.4 Å². The van der Waals surface area contributed by atoms with Gasteiger partial charge in [0.15, 0.2) is 0 Å². The second-order valence-corrected chi connectivity index (χ2v) is 7.62. The Balaban J connectivity index is 1.34. The van der Waals surface area contributed by atoms with Crippen LogP contribution in [-0.2, 0) is 22.2 Å². The lowest BCUT2D eigenvalue weighted by atomic mass is 10.1. The van der Waals surface area contributed by atoms with Gasteiger partial charge >= 0.3 is 6.18 Å². The molecular weight excluding hydrogens is 421 g/mol. The van der Waals surface area contributed by atoms with E-state index >= 15 is 0 Å². The lowest BCUT2D eigenvalue weighted by Gasteiger charge is -2.12. The van der Waals surface area contributed by atoms with E-state index in [9.17, 15) is 22.8 Å². The average Bonchev–Trinajstić information content (AvgIpc) is 3.16. The van der Waals surface area contributed by atoms with Crippen LogP contribution in [0, 0.1) is 0 Å². The van der Waals surface area contributed by atoms with Crippen molar-refractivity contribution in [2.24, 2.45) is 0 Å². The van der Waals surface area contributed by atoms with Crippen molar-refractivity contribution in [1.82, 2.24) is 10.3 Å². The molecule has 0 unspecified atom stereocenters. The second-order valence-electron chi connectivity index (χ2n) is 7.62. The van der Waals surface area contributed by atoms with Gasteiger partial charge in [0.1, 0.15) is 11.9 Å². The lowest BCUT2D eigenvalue weighted by Crippen LogP contribution is -2.29. The maximum absolute atomic E-state index is 12.6. The lowest BCUT2D eigenvalue weighted by molar-refractivity contribution is -0.137. The molecule has 0 spiro atoms. The van der Waals surface area contributed by atoms with Crippen molar-refractivity contribution in [2.75, 3.05) is 17.2 Å². The summed E-state index contributed by atoms with van der Waals surface area (Å²) in [4.78, 5) is 28.5. The summed E-state index contributed by atoms with van der Waals surface area (Å²) in [5.74, 6) is 0.330. The van der Waals surface area contributed by atoms with Crippen LogP contribution in [0.4, 0.5) is 24.7 Å². The number of aromatic nitrogens is 1. The van der Waals surface area contributed by atoms with Gasteiger partial charge in [0, 0.05) is 24.0 Å². The fourth-order valence-electron chi connectivity index (χ4n) is 3.54. The number of fused-ring (bicyclic) bond motifs is 1. The van der Waals surface area contributed by atoms with E-state index in [4.69, 9.17) is 0 Å². The number of halogens is 3. The molecule has 6 nitrogen and oxygen atoms in total. The number of aryl methyl sites for hydroxylation is 1. The van der Waals surface area contributed by atoms with Crippen molar-refractivity contribution in [1.29, 1.82) is 0 Å². The third-order valence-corrected chi connectivity index (χ3v) is 5.27. The number of carbonyl (C=O) groups excluding carboxylic acids is 2. The predicted molar refractivity (Wildman–Crippen MR) is 115 cm³/mol. The molecule has 0 radical (unpaired) electrons. The van der Waals surface area contributed by atoms with E-state index in [0.29, 0.717) is 36.5 Å². The van der Waals surface area contributed by atoms with Gasteiger partial charge in [-0.05, 0) is 60.9 Å². The minimum atomic E-state index is -4.37. The zero-order valence-corrected chi connectivity index (χ0v) is 17.0. The maximum Gasteiger partial charge on any atom is 0.416 e. The smallest absolute Gasteiger partial charge is 0.358 e. The summed E-state index contributed by atoms with van der Waals surface area (Å²) < 4.78 is 37.9. The van der Waals surface area contributed by atoms with Gasteiger partial charge in [0.25, 0.3) is 0 Å². The molecular formula is C23H21F3N4O2. The summed E-state index contributed by atoms with van der Waals surface area (Å²) in [5, 5.41) is 9.52. The Kier molecular flexibility index (Phi) is 5.98. The number of rotatable bonds is 6. The first kappa shape index (κ1) is 21.6. The monoisotopic (exact) mass is 442 g/mol. The van der Waals surface area contributed by atoms with Gasteiger partial charge in [-0.3, -0.25) is 9.59 Å². The summed E-state index contributed by atoms with van der Waals surface area (Å²) in [7, 11) is 0.